The van der Waals surface area contributed by atoms with E-state index in [1.54, 1.807) is 0 Å². The Labute approximate surface area is 100 Å². The highest BCUT2D eigenvalue weighted by molar-refractivity contribution is 9.10. The number of benzene rings is 1. The van der Waals surface area contributed by atoms with Crippen LogP contribution in [0.1, 0.15) is 0 Å². The molecule has 1 aromatic carbocycles. The van der Waals surface area contributed by atoms with Gasteiger partial charge in [-0.1, -0.05) is 28.1 Å². The fourth-order valence-corrected chi connectivity index (χ4v) is 1.71. The molecule has 1 heterocycles. The lowest BCUT2D eigenvalue weighted by atomic mass is 10.2. The number of aromatic amines is 1. The first kappa shape index (κ1) is 10.9. The molecule has 0 atom stereocenters. The lowest BCUT2D eigenvalue weighted by Crippen LogP contribution is -2.11. The second-order valence-electron chi connectivity index (χ2n) is 3.14. The van der Waals surface area contributed by atoms with Crippen molar-refractivity contribution in [2.24, 2.45) is 0 Å². The van der Waals surface area contributed by atoms with Gasteiger partial charge in [0.1, 0.15) is 5.82 Å². The largest absolute Gasteiger partial charge is 0.490 e. The second-order valence-corrected chi connectivity index (χ2v) is 4.06. The monoisotopic (exact) mass is 280 g/mol. The van der Waals surface area contributed by atoms with Crippen LogP contribution in [-0.4, -0.2) is 17.1 Å². The number of rotatable bonds is 2. The summed E-state index contributed by atoms with van der Waals surface area (Å²) in [5.74, 6) is 0.728. The zero-order valence-corrected chi connectivity index (χ0v) is 10.1. The van der Waals surface area contributed by atoms with Crippen LogP contribution in [0, 0.1) is 0 Å². The third-order valence-electron chi connectivity index (χ3n) is 2.08. The van der Waals surface area contributed by atoms with Crippen molar-refractivity contribution in [3.63, 3.8) is 0 Å². The van der Waals surface area contributed by atoms with E-state index in [0.29, 0.717) is 5.82 Å². The van der Waals surface area contributed by atoms with Crippen molar-refractivity contribution in [2.45, 2.75) is 0 Å². The molecule has 4 nitrogen and oxygen atoms in total. The van der Waals surface area contributed by atoms with Gasteiger partial charge in [-0.3, -0.25) is 4.79 Å². The summed E-state index contributed by atoms with van der Waals surface area (Å²) in [6, 6.07) is 7.54. The van der Waals surface area contributed by atoms with E-state index in [0.717, 1.165) is 10.0 Å². The number of nitrogens with zero attached hydrogens (tertiary/aromatic N) is 1. The summed E-state index contributed by atoms with van der Waals surface area (Å²) >= 11 is 3.36. The van der Waals surface area contributed by atoms with Gasteiger partial charge in [0.15, 0.2) is 0 Å². The average Bonchev–Trinajstić information content (AvgIpc) is 2.29. The summed E-state index contributed by atoms with van der Waals surface area (Å²) in [5, 5.41) is 0. The van der Waals surface area contributed by atoms with Crippen LogP contribution in [0.5, 0.6) is 5.75 Å². The van der Waals surface area contributed by atoms with Gasteiger partial charge in [-0.05, 0) is 12.1 Å². The van der Waals surface area contributed by atoms with Crippen LogP contribution in [0.15, 0.2) is 39.7 Å². The van der Waals surface area contributed by atoms with Crippen LogP contribution in [0.3, 0.4) is 0 Å². The normalized spacial score (nSPS) is 10.1. The topological polar surface area (TPSA) is 55.0 Å². The molecular weight excluding hydrogens is 272 g/mol. The number of hydrogen-bond donors (Lipinski definition) is 1. The highest BCUT2D eigenvalue weighted by Gasteiger charge is 2.04. The molecule has 16 heavy (non-hydrogen) atoms. The van der Waals surface area contributed by atoms with Crippen molar-refractivity contribution in [1.82, 2.24) is 9.97 Å². The van der Waals surface area contributed by atoms with Gasteiger partial charge in [0.25, 0.3) is 5.56 Å². The summed E-state index contributed by atoms with van der Waals surface area (Å²) in [7, 11) is 1.44. The molecule has 0 spiro atoms. The molecule has 2 rings (SSSR count). The summed E-state index contributed by atoms with van der Waals surface area (Å²) < 4.78 is 5.78. The van der Waals surface area contributed by atoms with E-state index in [9.17, 15) is 4.79 Å². The molecule has 0 aliphatic carbocycles. The number of aromatic nitrogens is 2. The lowest BCUT2D eigenvalue weighted by Gasteiger charge is -2.02. The first-order chi connectivity index (χ1) is 7.70. The maximum atomic E-state index is 11.5. The Kier molecular flexibility index (Phi) is 3.05. The van der Waals surface area contributed by atoms with Gasteiger partial charge >= 0.3 is 0 Å². The van der Waals surface area contributed by atoms with Crippen LogP contribution < -0.4 is 10.3 Å². The molecule has 82 valence electrons. The summed E-state index contributed by atoms with van der Waals surface area (Å²) in [6.07, 6.45) is 1.41. The van der Waals surface area contributed by atoms with Crippen molar-refractivity contribution in [1.29, 1.82) is 0 Å². The van der Waals surface area contributed by atoms with Gasteiger partial charge < -0.3 is 9.72 Å². The molecule has 0 radical (unpaired) electrons. The first-order valence-electron chi connectivity index (χ1n) is 4.60. The van der Waals surface area contributed by atoms with E-state index in [4.69, 9.17) is 4.74 Å². The average molecular weight is 281 g/mol. The van der Waals surface area contributed by atoms with Crippen LogP contribution >= 0.6 is 15.9 Å². The molecule has 1 N–H and O–H groups in total. The molecule has 0 amide bonds. The molecule has 0 bridgehead atoms. The minimum Gasteiger partial charge on any atom is -0.490 e. The van der Waals surface area contributed by atoms with Crippen LogP contribution in [-0.2, 0) is 0 Å². The van der Waals surface area contributed by atoms with Gasteiger partial charge in [-0.15, -0.1) is 0 Å². The van der Waals surface area contributed by atoms with Crippen molar-refractivity contribution in [2.75, 3.05) is 7.11 Å². The second kappa shape index (κ2) is 4.49. The first-order valence-corrected chi connectivity index (χ1v) is 5.39. The number of methoxy groups -OCH3 is 1. The van der Waals surface area contributed by atoms with Crippen molar-refractivity contribution in [3.8, 4) is 17.1 Å². The highest BCUT2D eigenvalue weighted by atomic mass is 79.9. The summed E-state index contributed by atoms with van der Waals surface area (Å²) in [5.41, 5.74) is 0.557. The number of H-pyrrole nitrogens is 1. The van der Waals surface area contributed by atoms with Crippen molar-refractivity contribution in [3.05, 3.63) is 45.3 Å². The maximum Gasteiger partial charge on any atom is 0.293 e. The predicted molar refractivity (Wildman–Crippen MR) is 64.5 cm³/mol. The number of ether oxygens (including phenoxy) is 1. The zero-order valence-electron chi connectivity index (χ0n) is 8.53. The summed E-state index contributed by atoms with van der Waals surface area (Å²) in [6.45, 7) is 0. The van der Waals surface area contributed by atoms with E-state index < -0.39 is 0 Å². The molecule has 0 unspecified atom stereocenters. The van der Waals surface area contributed by atoms with E-state index in [-0.39, 0.29) is 11.3 Å². The maximum absolute atomic E-state index is 11.5. The Morgan fingerprint density at radius 2 is 2.25 bits per heavy atom. The molecule has 0 fully saturated rings. The summed E-state index contributed by atoms with van der Waals surface area (Å²) in [4.78, 5) is 18.3. The Balaban J connectivity index is 2.49. The number of nitrogens with one attached hydrogen (secondary N) is 1. The van der Waals surface area contributed by atoms with E-state index >= 15 is 0 Å². The van der Waals surface area contributed by atoms with E-state index in [1.807, 2.05) is 24.3 Å². The minimum absolute atomic E-state index is 0.207. The van der Waals surface area contributed by atoms with Gasteiger partial charge in [0.2, 0.25) is 5.75 Å². The minimum atomic E-state index is -0.285. The molecule has 0 aliphatic heterocycles. The Bertz CT molecular complexity index is 566. The van der Waals surface area contributed by atoms with E-state index in [1.165, 1.54) is 13.3 Å². The number of hydrogen-bond acceptors (Lipinski definition) is 3. The van der Waals surface area contributed by atoms with Crippen LogP contribution in [0.2, 0.25) is 0 Å². The SMILES string of the molecule is COc1cnc(-c2cccc(Br)c2)[nH]c1=O. The van der Waals surface area contributed by atoms with Gasteiger partial charge in [0, 0.05) is 10.0 Å². The molecule has 0 saturated carbocycles. The Morgan fingerprint density at radius 1 is 1.44 bits per heavy atom. The molecule has 2 aromatic rings. The third-order valence-corrected chi connectivity index (χ3v) is 2.58. The van der Waals surface area contributed by atoms with Gasteiger partial charge in [-0.2, -0.15) is 0 Å². The third kappa shape index (κ3) is 2.14. The molecule has 1 aromatic heterocycles. The predicted octanol–water partition coefficient (Wildman–Crippen LogP) is 2.21. The van der Waals surface area contributed by atoms with Crippen molar-refractivity contribution < 1.29 is 4.74 Å². The number of halogens is 1. The Morgan fingerprint density at radius 3 is 2.88 bits per heavy atom. The standard InChI is InChI=1S/C11H9BrN2O2/c1-16-9-6-13-10(14-11(9)15)7-3-2-4-8(12)5-7/h2-6H,1H3,(H,13,14,15). The fourth-order valence-electron chi connectivity index (χ4n) is 1.31. The van der Waals surface area contributed by atoms with Crippen LogP contribution in [0.4, 0.5) is 0 Å². The van der Waals surface area contributed by atoms with Gasteiger partial charge in [0.05, 0.1) is 13.3 Å². The smallest absolute Gasteiger partial charge is 0.293 e. The fraction of sp³-hybridized carbons (Fsp3) is 0.0909. The molecule has 0 saturated heterocycles. The lowest BCUT2D eigenvalue weighted by molar-refractivity contribution is 0.406. The van der Waals surface area contributed by atoms with Gasteiger partial charge in [-0.25, -0.2) is 4.98 Å². The van der Waals surface area contributed by atoms with Crippen LogP contribution in [0.25, 0.3) is 11.4 Å². The zero-order chi connectivity index (χ0) is 11.5. The Hall–Kier alpha value is -1.62. The van der Waals surface area contributed by atoms with Crippen molar-refractivity contribution >= 4 is 15.9 Å². The van der Waals surface area contributed by atoms with E-state index in [2.05, 4.69) is 25.9 Å². The molecule has 0 aliphatic rings. The molecule has 5 heteroatoms. The molecular formula is C11H9BrN2O2. The quantitative estimate of drug-likeness (QED) is 0.918. The highest BCUT2D eigenvalue weighted by Crippen LogP contribution is 2.19.